The third-order valence-corrected chi connectivity index (χ3v) is 2.59. The summed E-state index contributed by atoms with van der Waals surface area (Å²) in [6.07, 6.45) is 7.26. The van der Waals surface area contributed by atoms with E-state index in [1.54, 1.807) is 12.7 Å². The Labute approximate surface area is 104 Å². The molecule has 6 nitrogen and oxygen atoms in total. The highest BCUT2D eigenvalue weighted by atomic mass is 15.3. The summed E-state index contributed by atoms with van der Waals surface area (Å²) in [5, 5.41) is 8.34. The fourth-order valence-electron chi connectivity index (χ4n) is 1.69. The van der Waals surface area contributed by atoms with Crippen molar-refractivity contribution in [2.75, 3.05) is 0 Å². The SMILES string of the molecule is Cc1cn(-c2ccc(-n3cnc(C)c3)nn2)cn1. The lowest BCUT2D eigenvalue weighted by molar-refractivity contribution is 0.864. The number of aryl methyl sites for hydroxylation is 2. The van der Waals surface area contributed by atoms with Gasteiger partial charge in [0.2, 0.25) is 0 Å². The lowest BCUT2D eigenvalue weighted by atomic mass is 10.4. The number of aromatic nitrogens is 6. The summed E-state index contributed by atoms with van der Waals surface area (Å²) in [6, 6.07) is 3.80. The van der Waals surface area contributed by atoms with Crippen molar-refractivity contribution in [1.82, 2.24) is 29.3 Å². The largest absolute Gasteiger partial charge is 0.289 e. The molecule has 0 unspecified atom stereocenters. The van der Waals surface area contributed by atoms with Gasteiger partial charge in [-0.15, -0.1) is 10.2 Å². The second-order valence-electron chi connectivity index (χ2n) is 4.09. The monoisotopic (exact) mass is 240 g/mol. The molecule has 3 heterocycles. The highest BCUT2D eigenvalue weighted by molar-refractivity contribution is 5.29. The Morgan fingerprint density at radius 2 is 1.22 bits per heavy atom. The van der Waals surface area contributed by atoms with Gasteiger partial charge in [-0.05, 0) is 26.0 Å². The molecule has 18 heavy (non-hydrogen) atoms. The molecule has 3 rings (SSSR count). The molecular formula is C12H12N6. The summed E-state index contributed by atoms with van der Waals surface area (Å²) >= 11 is 0. The van der Waals surface area contributed by atoms with Crippen LogP contribution in [-0.4, -0.2) is 29.3 Å². The van der Waals surface area contributed by atoms with Crippen LogP contribution in [-0.2, 0) is 0 Å². The molecule has 90 valence electrons. The molecule has 0 saturated heterocycles. The smallest absolute Gasteiger partial charge is 0.160 e. The molecule has 0 aliphatic rings. The lowest BCUT2D eigenvalue weighted by Crippen LogP contribution is -2.01. The highest BCUT2D eigenvalue weighted by Gasteiger charge is 2.03. The molecule has 0 amide bonds. The first-order valence-electron chi connectivity index (χ1n) is 5.58. The maximum Gasteiger partial charge on any atom is 0.160 e. The minimum atomic E-state index is 0.746. The Balaban J connectivity index is 1.94. The van der Waals surface area contributed by atoms with Crippen LogP contribution in [0.25, 0.3) is 11.6 Å². The normalized spacial score (nSPS) is 10.8. The van der Waals surface area contributed by atoms with E-state index >= 15 is 0 Å². The molecule has 0 radical (unpaired) electrons. The lowest BCUT2D eigenvalue weighted by Gasteiger charge is -2.02. The van der Waals surface area contributed by atoms with Crippen molar-refractivity contribution in [3.8, 4) is 11.6 Å². The van der Waals surface area contributed by atoms with E-state index in [2.05, 4.69) is 20.2 Å². The van der Waals surface area contributed by atoms with Gasteiger partial charge in [0.1, 0.15) is 12.7 Å². The number of rotatable bonds is 2. The molecule has 6 heteroatoms. The van der Waals surface area contributed by atoms with Gasteiger partial charge in [0.25, 0.3) is 0 Å². The van der Waals surface area contributed by atoms with Crippen molar-refractivity contribution in [3.63, 3.8) is 0 Å². The van der Waals surface area contributed by atoms with Crippen LogP contribution >= 0.6 is 0 Å². The first-order valence-corrected chi connectivity index (χ1v) is 5.58. The second kappa shape index (κ2) is 4.06. The van der Waals surface area contributed by atoms with Crippen LogP contribution in [0.4, 0.5) is 0 Å². The Morgan fingerprint density at radius 1 is 0.778 bits per heavy atom. The van der Waals surface area contributed by atoms with E-state index in [9.17, 15) is 0 Å². The predicted molar refractivity (Wildman–Crippen MR) is 65.8 cm³/mol. The molecule has 3 aromatic rings. The highest BCUT2D eigenvalue weighted by Crippen LogP contribution is 2.08. The standard InChI is InChI=1S/C12H12N6/c1-9-5-17(7-13-9)11-3-4-12(16-15-11)18-6-10(2)14-8-18/h3-8H,1-2H3. The maximum absolute atomic E-state index is 4.17. The van der Waals surface area contributed by atoms with Crippen molar-refractivity contribution in [3.05, 3.63) is 48.6 Å². The molecule has 0 aliphatic heterocycles. The first-order chi connectivity index (χ1) is 8.72. The third-order valence-electron chi connectivity index (χ3n) is 2.59. The molecular weight excluding hydrogens is 228 g/mol. The zero-order valence-corrected chi connectivity index (χ0v) is 10.1. The van der Waals surface area contributed by atoms with E-state index in [4.69, 9.17) is 0 Å². The fraction of sp³-hybridized carbons (Fsp3) is 0.167. The van der Waals surface area contributed by atoms with Gasteiger partial charge in [0, 0.05) is 12.4 Å². The number of hydrogen-bond donors (Lipinski definition) is 0. The predicted octanol–water partition coefficient (Wildman–Crippen LogP) is 1.46. The van der Waals surface area contributed by atoms with Gasteiger partial charge < -0.3 is 0 Å². The van der Waals surface area contributed by atoms with Gasteiger partial charge in [-0.25, -0.2) is 9.97 Å². The molecule has 0 aliphatic carbocycles. The molecule has 0 N–H and O–H groups in total. The Morgan fingerprint density at radius 3 is 1.50 bits per heavy atom. The van der Waals surface area contributed by atoms with Crippen LogP contribution in [0, 0.1) is 13.8 Å². The summed E-state index contributed by atoms with van der Waals surface area (Å²) in [6.45, 7) is 3.87. The van der Waals surface area contributed by atoms with Gasteiger partial charge in [0.15, 0.2) is 11.6 Å². The van der Waals surface area contributed by atoms with Gasteiger partial charge in [-0.1, -0.05) is 0 Å². The van der Waals surface area contributed by atoms with Crippen LogP contribution < -0.4 is 0 Å². The minimum absolute atomic E-state index is 0.746. The third kappa shape index (κ3) is 1.88. The number of hydrogen-bond acceptors (Lipinski definition) is 4. The number of imidazole rings is 2. The Kier molecular flexibility index (Phi) is 2.40. The maximum atomic E-state index is 4.17. The molecule has 0 aromatic carbocycles. The van der Waals surface area contributed by atoms with Crippen LogP contribution in [0.3, 0.4) is 0 Å². The van der Waals surface area contributed by atoms with E-state index in [0.29, 0.717) is 0 Å². The van der Waals surface area contributed by atoms with Gasteiger partial charge in [0.05, 0.1) is 11.4 Å². The van der Waals surface area contributed by atoms with Crippen molar-refractivity contribution in [2.24, 2.45) is 0 Å². The van der Waals surface area contributed by atoms with E-state index in [0.717, 1.165) is 23.0 Å². The molecule has 0 bridgehead atoms. The summed E-state index contributed by atoms with van der Waals surface area (Å²) in [4.78, 5) is 8.31. The van der Waals surface area contributed by atoms with Crippen LogP contribution in [0.5, 0.6) is 0 Å². The zero-order chi connectivity index (χ0) is 12.5. The molecule has 0 saturated carbocycles. The van der Waals surface area contributed by atoms with Crippen LogP contribution in [0.1, 0.15) is 11.4 Å². The van der Waals surface area contributed by atoms with Crippen molar-refractivity contribution < 1.29 is 0 Å². The molecule has 0 fully saturated rings. The van der Waals surface area contributed by atoms with Gasteiger partial charge in [-0.2, -0.15) is 0 Å². The summed E-state index contributed by atoms with van der Waals surface area (Å²) < 4.78 is 3.68. The topological polar surface area (TPSA) is 61.4 Å². The summed E-state index contributed by atoms with van der Waals surface area (Å²) in [5.41, 5.74) is 1.90. The molecule has 3 aromatic heterocycles. The van der Waals surface area contributed by atoms with Crippen molar-refractivity contribution >= 4 is 0 Å². The molecule has 0 atom stereocenters. The first kappa shape index (κ1) is 10.6. The van der Waals surface area contributed by atoms with Crippen molar-refractivity contribution in [2.45, 2.75) is 13.8 Å². The second-order valence-corrected chi connectivity index (χ2v) is 4.09. The van der Waals surface area contributed by atoms with E-state index in [1.165, 1.54) is 0 Å². The van der Waals surface area contributed by atoms with Crippen LogP contribution in [0.15, 0.2) is 37.2 Å². The van der Waals surface area contributed by atoms with E-state index < -0.39 is 0 Å². The Bertz CT molecular complexity index is 605. The van der Waals surface area contributed by atoms with Crippen LogP contribution in [0.2, 0.25) is 0 Å². The van der Waals surface area contributed by atoms with Crippen molar-refractivity contribution in [1.29, 1.82) is 0 Å². The van der Waals surface area contributed by atoms with Gasteiger partial charge >= 0.3 is 0 Å². The minimum Gasteiger partial charge on any atom is -0.289 e. The quantitative estimate of drug-likeness (QED) is 0.680. The summed E-state index contributed by atoms with van der Waals surface area (Å²) in [7, 11) is 0. The summed E-state index contributed by atoms with van der Waals surface area (Å²) in [5.74, 6) is 1.49. The van der Waals surface area contributed by atoms with E-state index in [1.807, 2.05) is 47.5 Å². The van der Waals surface area contributed by atoms with Gasteiger partial charge in [-0.3, -0.25) is 9.13 Å². The van der Waals surface area contributed by atoms with E-state index in [-0.39, 0.29) is 0 Å². The zero-order valence-electron chi connectivity index (χ0n) is 10.1. The number of nitrogens with zero attached hydrogens (tertiary/aromatic N) is 6. The fourth-order valence-corrected chi connectivity index (χ4v) is 1.69. The molecule has 0 spiro atoms. The average Bonchev–Trinajstić information content (AvgIpc) is 2.98. The average molecular weight is 240 g/mol. The Hall–Kier alpha value is -2.50.